The van der Waals surface area contributed by atoms with Crippen LogP contribution in [0.1, 0.15) is 27.2 Å². The van der Waals surface area contributed by atoms with E-state index in [9.17, 15) is 9.18 Å². The molecule has 0 aliphatic heterocycles. The second-order valence-electron chi connectivity index (χ2n) is 4.37. The quantitative estimate of drug-likeness (QED) is 0.888. The zero-order chi connectivity index (χ0) is 14.0. The van der Waals surface area contributed by atoms with Gasteiger partial charge in [0.05, 0.1) is 0 Å². The number of hydrogen-bond donors (Lipinski definition) is 2. The Balaban J connectivity index is 2.08. The molecule has 0 bridgehead atoms. The monoisotopic (exact) mass is 263 g/mol. The van der Waals surface area contributed by atoms with Crippen LogP contribution in [0.5, 0.6) is 0 Å². The summed E-state index contributed by atoms with van der Waals surface area (Å²) in [7, 11) is 0. The number of furan rings is 1. The van der Waals surface area contributed by atoms with E-state index in [0.717, 1.165) is 5.56 Å². The molecule has 0 spiro atoms. The Morgan fingerprint density at radius 3 is 2.47 bits per heavy atom. The summed E-state index contributed by atoms with van der Waals surface area (Å²) < 4.78 is 18.5. The van der Waals surface area contributed by atoms with Crippen molar-refractivity contribution >= 4 is 11.9 Å². The molecule has 2 rings (SSSR count). The number of anilines is 1. The van der Waals surface area contributed by atoms with Gasteiger partial charge in [-0.1, -0.05) is 12.1 Å². The first kappa shape index (κ1) is 13.1. The third-order valence-electron chi connectivity index (χ3n) is 2.78. The molecule has 4 nitrogen and oxygen atoms in total. The highest BCUT2D eigenvalue weighted by Crippen LogP contribution is 2.17. The largest absolute Gasteiger partial charge is 0.475 e. The predicted molar refractivity (Wildman–Crippen MR) is 68.9 cm³/mol. The normalized spacial score (nSPS) is 10.5. The maximum Gasteiger partial charge on any atom is 0.371 e. The number of aromatic carboxylic acids is 1. The molecular formula is C14H14FNO3. The van der Waals surface area contributed by atoms with Crippen molar-refractivity contribution in [3.63, 3.8) is 0 Å². The Morgan fingerprint density at radius 2 is 1.95 bits per heavy atom. The Hall–Kier alpha value is -2.30. The van der Waals surface area contributed by atoms with E-state index >= 15 is 0 Å². The molecule has 0 radical (unpaired) electrons. The standard InChI is InChI=1S/C14H14FNO3/c1-8-5-10(6-9(2)13(8)15)7-16-12-4-3-11(19-12)14(17)18/h3-6,16H,7H2,1-2H3,(H,17,18). The molecule has 0 aliphatic rings. The maximum absolute atomic E-state index is 13.5. The van der Waals surface area contributed by atoms with Gasteiger partial charge in [-0.15, -0.1) is 0 Å². The minimum Gasteiger partial charge on any atom is -0.475 e. The summed E-state index contributed by atoms with van der Waals surface area (Å²) in [5.41, 5.74) is 2.08. The zero-order valence-corrected chi connectivity index (χ0v) is 10.7. The average Bonchev–Trinajstić information content (AvgIpc) is 2.82. The van der Waals surface area contributed by atoms with Crippen LogP contribution in [0.4, 0.5) is 10.3 Å². The Kier molecular flexibility index (Phi) is 3.55. The van der Waals surface area contributed by atoms with E-state index in [4.69, 9.17) is 9.52 Å². The minimum absolute atomic E-state index is 0.117. The van der Waals surface area contributed by atoms with E-state index in [1.165, 1.54) is 6.07 Å². The first-order valence-corrected chi connectivity index (χ1v) is 5.80. The highest BCUT2D eigenvalue weighted by molar-refractivity contribution is 5.84. The van der Waals surface area contributed by atoms with E-state index in [0.29, 0.717) is 23.6 Å². The van der Waals surface area contributed by atoms with Crippen LogP contribution in [0.2, 0.25) is 0 Å². The van der Waals surface area contributed by atoms with Crippen LogP contribution in [0.15, 0.2) is 28.7 Å². The number of benzene rings is 1. The third-order valence-corrected chi connectivity index (χ3v) is 2.78. The molecule has 5 heteroatoms. The third kappa shape index (κ3) is 2.93. The SMILES string of the molecule is Cc1cc(CNc2ccc(C(=O)O)o2)cc(C)c1F. The van der Waals surface area contributed by atoms with Gasteiger partial charge in [0, 0.05) is 12.6 Å². The van der Waals surface area contributed by atoms with E-state index in [1.807, 2.05) is 0 Å². The molecule has 0 fully saturated rings. The van der Waals surface area contributed by atoms with Gasteiger partial charge in [0.2, 0.25) is 5.76 Å². The van der Waals surface area contributed by atoms with E-state index in [2.05, 4.69) is 5.32 Å². The second-order valence-corrected chi connectivity index (χ2v) is 4.37. The molecule has 2 N–H and O–H groups in total. The molecule has 2 aromatic rings. The fraction of sp³-hybridized carbons (Fsp3) is 0.214. The van der Waals surface area contributed by atoms with Gasteiger partial charge in [0.1, 0.15) is 5.82 Å². The fourth-order valence-corrected chi connectivity index (χ4v) is 1.87. The van der Waals surface area contributed by atoms with Crippen LogP contribution in [0, 0.1) is 19.7 Å². The number of hydrogen-bond acceptors (Lipinski definition) is 3. The molecule has 0 aliphatic carbocycles. The molecule has 0 saturated heterocycles. The molecule has 1 aromatic heterocycles. The van der Waals surface area contributed by atoms with Crippen LogP contribution in [0.3, 0.4) is 0 Å². The first-order chi connectivity index (χ1) is 8.97. The number of aryl methyl sites for hydroxylation is 2. The van der Waals surface area contributed by atoms with Gasteiger partial charge in [-0.3, -0.25) is 0 Å². The van der Waals surface area contributed by atoms with Gasteiger partial charge in [0.15, 0.2) is 5.88 Å². The second kappa shape index (κ2) is 5.14. The lowest BCUT2D eigenvalue weighted by atomic mass is 10.1. The van der Waals surface area contributed by atoms with Crippen LogP contribution in [0.25, 0.3) is 0 Å². The molecule has 100 valence electrons. The smallest absolute Gasteiger partial charge is 0.371 e. The average molecular weight is 263 g/mol. The van der Waals surface area contributed by atoms with Crippen molar-refractivity contribution in [2.24, 2.45) is 0 Å². The van der Waals surface area contributed by atoms with Crippen molar-refractivity contribution in [1.29, 1.82) is 0 Å². The number of carboxylic acid groups (broad SMARTS) is 1. The lowest BCUT2D eigenvalue weighted by Gasteiger charge is -2.07. The van der Waals surface area contributed by atoms with Gasteiger partial charge in [-0.05, 0) is 36.6 Å². The van der Waals surface area contributed by atoms with Gasteiger partial charge < -0.3 is 14.8 Å². The summed E-state index contributed by atoms with van der Waals surface area (Å²) in [5, 5.41) is 11.7. The minimum atomic E-state index is -1.11. The van der Waals surface area contributed by atoms with Crippen molar-refractivity contribution in [2.45, 2.75) is 20.4 Å². The lowest BCUT2D eigenvalue weighted by molar-refractivity contribution is 0.0663. The molecule has 0 saturated carbocycles. The summed E-state index contributed by atoms with van der Waals surface area (Å²) >= 11 is 0. The Bertz CT molecular complexity index is 596. The molecule has 19 heavy (non-hydrogen) atoms. The van der Waals surface area contributed by atoms with E-state index in [1.54, 1.807) is 32.0 Å². The molecule has 1 heterocycles. The Labute approximate surface area is 109 Å². The molecule has 1 aromatic carbocycles. The maximum atomic E-state index is 13.5. The number of carbonyl (C=O) groups is 1. The number of halogens is 1. The van der Waals surface area contributed by atoms with Gasteiger partial charge in [0.25, 0.3) is 0 Å². The van der Waals surface area contributed by atoms with Crippen molar-refractivity contribution in [2.75, 3.05) is 5.32 Å². The molecule has 0 unspecified atom stereocenters. The lowest BCUT2D eigenvalue weighted by Crippen LogP contribution is -2.01. The van der Waals surface area contributed by atoms with Crippen LogP contribution in [-0.2, 0) is 6.54 Å². The molecular weight excluding hydrogens is 249 g/mol. The summed E-state index contributed by atoms with van der Waals surface area (Å²) in [6.07, 6.45) is 0. The zero-order valence-electron chi connectivity index (χ0n) is 10.7. The van der Waals surface area contributed by atoms with E-state index < -0.39 is 5.97 Å². The van der Waals surface area contributed by atoms with Crippen molar-refractivity contribution in [1.82, 2.24) is 0 Å². The summed E-state index contributed by atoms with van der Waals surface area (Å²) in [6, 6.07) is 6.42. The highest BCUT2D eigenvalue weighted by Gasteiger charge is 2.09. The van der Waals surface area contributed by atoms with Gasteiger partial charge >= 0.3 is 5.97 Å². The van der Waals surface area contributed by atoms with Crippen LogP contribution >= 0.6 is 0 Å². The fourth-order valence-electron chi connectivity index (χ4n) is 1.87. The predicted octanol–water partition coefficient (Wildman–Crippen LogP) is 3.35. The Morgan fingerprint density at radius 1 is 1.32 bits per heavy atom. The van der Waals surface area contributed by atoms with Crippen molar-refractivity contribution < 1.29 is 18.7 Å². The number of rotatable bonds is 4. The number of nitrogens with one attached hydrogen (secondary N) is 1. The van der Waals surface area contributed by atoms with Gasteiger partial charge in [-0.25, -0.2) is 9.18 Å². The first-order valence-electron chi connectivity index (χ1n) is 5.80. The summed E-state index contributed by atoms with van der Waals surface area (Å²) in [5.74, 6) is -1.05. The molecule has 0 atom stereocenters. The van der Waals surface area contributed by atoms with Crippen LogP contribution in [-0.4, -0.2) is 11.1 Å². The van der Waals surface area contributed by atoms with Crippen molar-refractivity contribution in [3.8, 4) is 0 Å². The summed E-state index contributed by atoms with van der Waals surface area (Å²) in [4.78, 5) is 10.7. The number of carboxylic acids is 1. The molecule has 0 amide bonds. The van der Waals surface area contributed by atoms with Gasteiger partial charge in [-0.2, -0.15) is 0 Å². The highest BCUT2D eigenvalue weighted by atomic mass is 19.1. The van der Waals surface area contributed by atoms with Crippen LogP contribution < -0.4 is 5.32 Å². The topological polar surface area (TPSA) is 62.5 Å². The van der Waals surface area contributed by atoms with Crippen molar-refractivity contribution in [3.05, 3.63) is 52.5 Å². The van der Waals surface area contributed by atoms with E-state index in [-0.39, 0.29) is 11.6 Å². The summed E-state index contributed by atoms with van der Waals surface area (Å²) in [6.45, 7) is 3.86.